The van der Waals surface area contributed by atoms with Crippen LogP contribution in [0.15, 0.2) is 121 Å². The van der Waals surface area contributed by atoms with Gasteiger partial charge in [0.2, 0.25) is 0 Å². The van der Waals surface area contributed by atoms with Crippen molar-refractivity contribution in [2.24, 2.45) is 0 Å². The van der Waals surface area contributed by atoms with E-state index < -0.39 is 0 Å². The van der Waals surface area contributed by atoms with Gasteiger partial charge in [0.25, 0.3) is 0 Å². The molecule has 188 valence electrons. The van der Waals surface area contributed by atoms with Crippen LogP contribution in [-0.4, -0.2) is 0 Å². The van der Waals surface area contributed by atoms with E-state index in [1.54, 1.807) is 11.3 Å². The number of benzene rings is 6. The van der Waals surface area contributed by atoms with Gasteiger partial charge in [-0.05, 0) is 105 Å². The lowest BCUT2D eigenvalue weighted by Gasteiger charge is -2.27. The highest BCUT2D eigenvalue weighted by Crippen LogP contribution is 2.42. The third-order valence-electron chi connectivity index (χ3n) is 7.22. The molecular weight excluding hydrogens is 496 g/mol. The van der Waals surface area contributed by atoms with E-state index in [0.717, 1.165) is 55.0 Å². The molecule has 5 heteroatoms. The zero-order valence-electron chi connectivity index (χ0n) is 21.1. The van der Waals surface area contributed by atoms with E-state index in [-0.39, 0.29) is 0 Å². The second kappa shape index (κ2) is 9.08. The molecule has 0 aliphatic heterocycles. The number of thiophene rings is 1. The molecule has 0 aliphatic carbocycles. The summed E-state index contributed by atoms with van der Waals surface area (Å²) in [5.74, 6) is 0. The highest BCUT2D eigenvalue weighted by molar-refractivity contribution is 7.19. The van der Waals surface area contributed by atoms with Gasteiger partial charge in [-0.2, -0.15) is 0 Å². The molecule has 6 aromatic carbocycles. The van der Waals surface area contributed by atoms with Crippen molar-refractivity contribution in [1.29, 1.82) is 0 Å². The highest BCUT2D eigenvalue weighted by atomic mass is 32.1. The second-order valence-corrected chi connectivity index (χ2v) is 10.9. The van der Waals surface area contributed by atoms with Gasteiger partial charge in [0.05, 0.1) is 10.7 Å². The maximum atomic E-state index is 6.06. The lowest BCUT2D eigenvalue weighted by molar-refractivity contribution is 1.31. The van der Waals surface area contributed by atoms with Gasteiger partial charge < -0.3 is 22.1 Å². The summed E-state index contributed by atoms with van der Waals surface area (Å²) in [5.41, 5.74) is 24.1. The smallest absolute Gasteiger partial charge is 0.0862 e. The summed E-state index contributed by atoms with van der Waals surface area (Å²) < 4.78 is 0. The Morgan fingerprint density at radius 1 is 0.487 bits per heavy atom. The largest absolute Gasteiger partial charge is 0.399 e. The van der Waals surface area contributed by atoms with Gasteiger partial charge in [0.1, 0.15) is 0 Å². The average molecular weight is 523 g/mol. The summed E-state index contributed by atoms with van der Waals surface area (Å²) in [7, 11) is 0. The maximum Gasteiger partial charge on any atom is 0.0862 e. The van der Waals surface area contributed by atoms with Crippen molar-refractivity contribution in [2.45, 2.75) is 0 Å². The predicted octanol–water partition coefficient (Wildman–Crippen LogP) is 9.09. The summed E-state index contributed by atoms with van der Waals surface area (Å²) in [6, 6.07) is 42.3. The van der Waals surface area contributed by atoms with Crippen LogP contribution in [0, 0.1) is 0 Å². The van der Waals surface area contributed by atoms with Crippen LogP contribution in [0.5, 0.6) is 0 Å². The molecule has 0 bridgehead atoms. The molecule has 0 saturated heterocycles. The highest BCUT2D eigenvalue weighted by Gasteiger charge is 2.17. The number of anilines is 6. The van der Waals surface area contributed by atoms with Crippen molar-refractivity contribution in [3.05, 3.63) is 121 Å². The van der Waals surface area contributed by atoms with Crippen molar-refractivity contribution in [1.82, 2.24) is 0 Å². The Balaban J connectivity index is 1.45. The molecule has 0 amide bonds. The summed E-state index contributed by atoms with van der Waals surface area (Å²) in [4.78, 5) is 3.50. The fourth-order valence-electron chi connectivity index (χ4n) is 5.33. The number of nitrogens with zero attached hydrogens (tertiary/aromatic N) is 1. The Hall–Kier alpha value is -5.00. The molecule has 0 unspecified atom stereocenters. The monoisotopic (exact) mass is 522 g/mol. The number of nitrogen functional groups attached to an aromatic ring is 3. The van der Waals surface area contributed by atoms with Crippen LogP contribution in [0.2, 0.25) is 0 Å². The minimum absolute atomic E-state index is 0.762. The zero-order valence-corrected chi connectivity index (χ0v) is 22.0. The van der Waals surface area contributed by atoms with Crippen LogP contribution < -0.4 is 22.1 Å². The van der Waals surface area contributed by atoms with Crippen molar-refractivity contribution in [3.63, 3.8) is 0 Å². The first-order valence-corrected chi connectivity index (χ1v) is 13.6. The number of fused-ring (bicyclic) bond motifs is 3. The number of hydrogen-bond acceptors (Lipinski definition) is 5. The van der Waals surface area contributed by atoms with E-state index in [9.17, 15) is 0 Å². The second-order valence-electron chi connectivity index (χ2n) is 9.83. The quantitative estimate of drug-likeness (QED) is 0.201. The van der Waals surface area contributed by atoms with Crippen LogP contribution in [0.1, 0.15) is 0 Å². The molecule has 0 aliphatic rings. The van der Waals surface area contributed by atoms with Gasteiger partial charge in [-0.3, -0.25) is 0 Å². The van der Waals surface area contributed by atoms with Gasteiger partial charge in [0, 0.05) is 33.0 Å². The Labute approximate surface area is 230 Å². The lowest BCUT2D eigenvalue weighted by atomic mass is 10.0. The van der Waals surface area contributed by atoms with Crippen molar-refractivity contribution in [2.75, 3.05) is 22.1 Å². The Morgan fingerprint density at radius 3 is 1.72 bits per heavy atom. The Morgan fingerprint density at radius 2 is 1.10 bits per heavy atom. The van der Waals surface area contributed by atoms with Crippen LogP contribution in [-0.2, 0) is 0 Å². The van der Waals surface area contributed by atoms with Gasteiger partial charge in [-0.1, -0.05) is 48.5 Å². The van der Waals surface area contributed by atoms with Gasteiger partial charge in [-0.15, -0.1) is 11.3 Å². The van der Waals surface area contributed by atoms with E-state index in [1.807, 2.05) is 30.3 Å². The van der Waals surface area contributed by atoms with Crippen molar-refractivity contribution < 1.29 is 0 Å². The molecule has 0 radical (unpaired) electrons. The van der Waals surface area contributed by atoms with Gasteiger partial charge >= 0.3 is 0 Å². The van der Waals surface area contributed by atoms with E-state index in [1.165, 1.54) is 21.2 Å². The molecule has 0 fully saturated rings. The predicted molar refractivity (Wildman–Crippen MR) is 170 cm³/mol. The number of rotatable bonds is 4. The first-order chi connectivity index (χ1) is 19.0. The fraction of sp³-hybridized carbons (Fsp3) is 0. The molecule has 39 heavy (non-hydrogen) atoms. The average Bonchev–Trinajstić information content (AvgIpc) is 3.39. The summed E-state index contributed by atoms with van der Waals surface area (Å²) in [6.07, 6.45) is 0. The molecule has 0 saturated carbocycles. The van der Waals surface area contributed by atoms with Gasteiger partial charge in [0.15, 0.2) is 0 Å². The summed E-state index contributed by atoms with van der Waals surface area (Å²) >= 11 is 1.61. The van der Waals surface area contributed by atoms with Crippen molar-refractivity contribution in [3.8, 4) is 10.4 Å². The van der Waals surface area contributed by atoms with E-state index in [2.05, 4.69) is 95.9 Å². The Bertz CT molecular complexity index is 1940. The molecule has 7 rings (SSSR count). The molecule has 6 N–H and O–H groups in total. The molecular formula is C34H26N4S. The number of nitrogens with two attached hydrogens (primary N) is 3. The first kappa shape index (κ1) is 23.1. The van der Waals surface area contributed by atoms with E-state index in [4.69, 9.17) is 17.2 Å². The third kappa shape index (κ3) is 4.19. The zero-order chi connectivity index (χ0) is 26.5. The number of hydrogen-bond donors (Lipinski definition) is 3. The molecule has 0 atom stereocenters. The molecule has 1 heterocycles. The van der Waals surface area contributed by atoms with Crippen molar-refractivity contribution >= 4 is 77.1 Å². The van der Waals surface area contributed by atoms with Crippen LogP contribution >= 0.6 is 11.3 Å². The van der Waals surface area contributed by atoms with Gasteiger partial charge in [-0.25, -0.2) is 0 Å². The Kier molecular flexibility index (Phi) is 5.39. The minimum Gasteiger partial charge on any atom is -0.399 e. The maximum absolute atomic E-state index is 6.06. The van der Waals surface area contributed by atoms with E-state index in [0.29, 0.717) is 0 Å². The van der Waals surface area contributed by atoms with Crippen LogP contribution in [0.3, 0.4) is 0 Å². The molecule has 1 aromatic heterocycles. The normalized spacial score (nSPS) is 11.4. The standard InChI is InChI=1S/C34H26N4S/c35-27-9-4-23-19-29(11-6-21(23)17-27)38(30-12-7-22-18-28(36)10-5-24(22)20-30)32-3-1-2-25-16-26(8-13-31(25)32)33-14-15-34(37)39-33/h1-20H,35-37H2. The summed E-state index contributed by atoms with van der Waals surface area (Å²) in [5, 5.41) is 7.66. The third-order valence-corrected chi connectivity index (χ3v) is 8.19. The lowest BCUT2D eigenvalue weighted by Crippen LogP contribution is -2.10. The minimum atomic E-state index is 0.762. The topological polar surface area (TPSA) is 81.3 Å². The van der Waals surface area contributed by atoms with E-state index >= 15 is 0 Å². The molecule has 0 spiro atoms. The fourth-order valence-corrected chi connectivity index (χ4v) is 6.10. The summed E-state index contributed by atoms with van der Waals surface area (Å²) in [6.45, 7) is 0. The first-order valence-electron chi connectivity index (χ1n) is 12.8. The van der Waals surface area contributed by atoms with Crippen LogP contribution in [0.4, 0.5) is 33.4 Å². The van der Waals surface area contributed by atoms with Crippen LogP contribution in [0.25, 0.3) is 42.8 Å². The molecule has 4 nitrogen and oxygen atoms in total. The SMILES string of the molecule is Nc1ccc2cc(N(c3ccc4cc(N)ccc4c3)c3cccc4cc(-c5ccc(N)s5)ccc34)ccc2c1. The molecule has 7 aromatic rings.